The number of benzene rings is 1. The van der Waals surface area contributed by atoms with Crippen LogP contribution in [0.5, 0.6) is 0 Å². The molecule has 1 aromatic carbocycles. The lowest BCUT2D eigenvalue weighted by molar-refractivity contribution is 0.112. The van der Waals surface area contributed by atoms with Crippen molar-refractivity contribution in [3.8, 4) is 5.69 Å². The Balaban J connectivity index is 2.59. The lowest BCUT2D eigenvalue weighted by Crippen LogP contribution is -1.99. The van der Waals surface area contributed by atoms with E-state index in [-0.39, 0.29) is 0 Å². The molecule has 2 rings (SSSR count). The summed E-state index contributed by atoms with van der Waals surface area (Å²) in [7, 11) is 0. The topological polar surface area (TPSA) is 34.9 Å². The Hall–Kier alpha value is -1.13. The van der Waals surface area contributed by atoms with Crippen molar-refractivity contribution in [3.63, 3.8) is 0 Å². The first kappa shape index (κ1) is 10.4. The second-order valence-electron chi connectivity index (χ2n) is 2.92. The van der Waals surface area contributed by atoms with Gasteiger partial charge in [0.15, 0.2) is 6.29 Å². The third-order valence-electron chi connectivity index (χ3n) is 1.92. The van der Waals surface area contributed by atoms with E-state index < -0.39 is 0 Å². The maximum atomic E-state index is 10.8. The van der Waals surface area contributed by atoms with Crippen molar-refractivity contribution in [2.75, 3.05) is 0 Å². The first-order valence-corrected chi connectivity index (χ1v) is 5.33. The minimum absolute atomic E-state index is 0.534. The molecule has 0 amide bonds. The van der Waals surface area contributed by atoms with Gasteiger partial charge in [0, 0.05) is 16.2 Å². The second kappa shape index (κ2) is 4.16. The molecule has 0 aliphatic heterocycles. The number of hydrogen-bond acceptors (Lipinski definition) is 2. The van der Waals surface area contributed by atoms with Crippen LogP contribution in [0, 0.1) is 0 Å². The van der Waals surface area contributed by atoms with Crippen molar-refractivity contribution in [3.05, 3.63) is 45.7 Å². The molecular formula is C10H6BrClN2O. The third-order valence-corrected chi connectivity index (χ3v) is 2.61. The molecule has 0 unspecified atom stereocenters. The van der Waals surface area contributed by atoms with E-state index in [0.29, 0.717) is 16.3 Å². The highest BCUT2D eigenvalue weighted by Crippen LogP contribution is 2.20. The molecule has 0 saturated carbocycles. The Labute approximate surface area is 99.8 Å². The van der Waals surface area contributed by atoms with E-state index in [0.717, 1.165) is 10.8 Å². The number of carbonyl (C=O) groups excluding carboxylic acids is 1. The summed E-state index contributed by atoms with van der Waals surface area (Å²) >= 11 is 9.10. The monoisotopic (exact) mass is 284 g/mol. The minimum Gasteiger partial charge on any atom is -0.298 e. The summed E-state index contributed by atoms with van der Waals surface area (Å²) in [4.78, 5) is 10.8. The molecular weight excluding hydrogens is 279 g/mol. The smallest absolute Gasteiger partial charge is 0.152 e. The van der Waals surface area contributed by atoms with Crippen LogP contribution in [0.2, 0.25) is 5.02 Å². The molecule has 0 aliphatic carbocycles. The molecule has 2 aromatic rings. The van der Waals surface area contributed by atoms with Crippen LogP contribution >= 0.6 is 27.5 Å². The van der Waals surface area contributed by atoms with Gasteiger partial charge in [0.1, 0.15) is 0 Å². The van der Waals surface area contributed by atoms with Gasteiger partial charge in [-0.2, -0.15) is 5.10 Å². The Morgan fingerprint density at radius 2 is 2.27 bits per heavy atom. The van der Waals surface area contributed by atoms with E-state index in [9.17, 15) is 4.79 Å². The first-order valence-electron chi connectivity index (χ1n) is 4.16. The standard InChI is InChI=1S/C10H6BrClN2O/c11-8-2-1-7(6-15)10(3-8)14-5-9(12)4-13-14/h1-6H. The summed E-state index contributed by atoms with van der Waals surface area (Å²) in [6, 6.07) is 5.34. The third kappa shape index (κ3) is 2.11. The SMILES string of the molecule is O=Cc1ccc(Br)cc1-n1cc(Cl)cn1. The number of hydrogen-bond donors (Lipinski definition) is 0. The van der Waals surface area contributed by atoms with Gasteiger partial charge in [-0.05, 0) is 18.2 Å². The van der Waals surface area contributed by atoms with Gasteiger partial charge in [-0.25, -0.2) is 4.68 Å². The number of aldehydes is 1. The highest BCUT2D eigenvalue weighted by Gasteiger charge is 2.05. The summed E-state index contributed by atoms with van der Waals surface area (Å²) in [5, 5.41) is 4.57. The molecule has 1 aromatic heterocycles. The quantitative estimate of drug-likeness (QED) is 0.795. The Morgan fingerprint density at radius 1 is 1.47 bits per heavy atom. The summed E-state index contributed by atoms with van der Waals surface area (Å²) in [5.41, 5.74) is 1.27. The molecule has 1 heterocycles. The van der Waals surface area contributed by atoms with Gasteiger partial charge in [0.25, 0.3) is 0 Å². The molecule has 0 bridgehead atoms. The second-order valence-corrected chi connectivity index (χ2v) is 4.28. The van der Waals surface area contributed by atoms with Crippen molar-refractivity contribution in [2.24, 2.45) is 0 Å². The maximum absolute atomic E-state index is 10.8. The van der Waals surface area contributed by atoms with E-state index in [2.05, 4.69) is 21.0 Å². The van der Waals surface area contributed by atoms with Crippen LogP contribution in [0.3, 0.4) is 0 Å². The van der Waals surface area contributed by atoms with E-state index in [4.69, 9.17) is 11.6 Å². The van der Waals surface area contributed by atoms with Gasteiger partial charge in [0.2, 0.25) is 0 Å². The van der Waals surface area contributed by atoms with E-state index >= 15 is 0 Å². The van der Waals surface area contributed by atoms with E-state index in [1.165, 1.54) is 6.20 Å². The van der Waals surface area contributed by atoms with Crippen LogP contribution in [0.15, 0.2) is 35.1 Å². The van der Waals surface area contributed by atoms with Crippen molar-refractivity contribution in [1.29, 1.82) is 0 Å². The normalized spacial score (nSPS) is 10.3. The molecule has 0 saturated heterocycles. The average molecular weight is 286 g/mol. The molecule has 15 heavy (non-hydrogen) atoms. The van der Waals surface area contributed by atoms with Crippen molar-refractivity contribution in [1.82, 2.24) is 9.78 Å². The fourth-order valence-corrected chi connectivity index (χ4v) is 1.73. The molecule has 3 nitrogen and oxygen atoms in total. The highest BCUT2D eigenvalue weighted by atomic mass is 79.9. The van der Waals surface area contributed by atoms with Crippen LogP contribution in [-0.2, 0) is 0 Å². The number of nitrogens with zero attached hydrogens (tertiary/aromatic N) is 2. The molecule has 0 N–H and O–H groups in total. The summed E-state index contributed by atoms with van der Waals surface area (Å²) in [5.74, 6) is 0. The molecule has 0 aliphatic rings. The molecule has 0 atom stereocenters. The van der Waals surface area contributed by atoms with Crippen LogP contribution in [0.25, 0.3) is 5.69 Å². The maximum Gasteiger partial charge on any atom is 0.152 e. The van der Waals surface area contributed by atoms with Crippen LogP contribution in [0.4, 0.5) is 0 Å². The molecule has 76 valence electrons. The number of carbonyl (C=O) groups is 1. The van der Waals surface area contributed by atoms with Crippen molar-refractivity contribution in [2.45, 2.75) is 0 Å². The molecule has 0 radical (unpaired) electrons. The van der Waals surface area contributed by atoms with E-state index in [1.54, 1.807) is 23.0 Å². The van der Waals surface area contributed by atoms with Gasteiger partial charge in [-0.1, -0.05) is 27.5 Å². The van der Waals surface area contributed by atoms with Crippen molar-refractivity contribution >= 4 is 33.8 Å². The zero-order chi connectivity index (χ0) is 10.8. The Morgan fingerprint density at radius 3 is 2.87 bits per heavy atom. The van der Waals surface area contributed by atoms with Gasteiger partial charge in [0.05, 0.1) is 16.9 Å². The molecule has 0 fully saturated rings. The largest absolute Gasteiger partial charge is 0.298 e. The summed E-state index contributed by atoms with van der Waals surface area (Å²) < 4.78 is 2.45. The zero-order valence-corrected chi connectivity index (χ0v) is 9.86. The van der Waals surface area contributed by atoms with Gasteiger partial charge in [-0.15, -0.1) is 0 Å². The first-order chi connectivity index (χ1) is 7.20. The predicted octanol–water partition coefficient (Wildman–Crippen LogP) is 3.10. The highest BCUT2D eigenvalue weighted by molar-refractivity contribution is 9.10. The predicted molar refractivity (Wildman–Crippen MR) is 61.7 cm³/mol. The average Bonchev–Trinajstić information content (AvgIpc) is 2.65. The molecule has 5 heteroatoms. The van der Waals surface area contributed by atoms with Gasteiger partial charge < -0.3 is 0 Å². The molecule has 0 spiro atoms. The van der Waals surface area contributed by atoms with E-state index in [1.807, 2.05) is 6.07 Å². The summed E-state index contributed by atoms with van der Waals surface area (Å²) in [6.45, 7) is 0. The fraction of sp³-hybridized carbons (Fsp3) is 0. The van der Waals surface area contributed by atoms with Crippen LogP contribution in [-0.4, -0.2) is 16.1 Å². The van der Waals surface area contributed by atoms with Crippen molar-refractivity contribution < 1.29 is 4.79 Å². The summed E-state index contributed by atoms with van der Waals surface area (Å²) in [6.07, 6.45) is 3.96. The number of rotatable bonds is 2. The van der Waals surface area contributed by atoms with Crippen LogP contribution < -0.4 is 0 Å². The van der Waals surface area contributed by atoms with Crippen LogP contribution in [0.1, 0.15) is 10.4 Å². The van der Waals surface area contributed by atoms with Gasteiger partial charge in [-0.3, -0.25) is 4.79 Å². The van der Waals surface area contributed by atoms with Gasteiger partial charge >= 0.3 is 0 Å². The number of halogens is 2. The number of aromatic nitrogens is 2. The Bertz CT molecular complexity index is 510. The zero-order valence-electron chi connectivity index (χ0n) is 7.52. The minimum atomic E-state index is 0.534. The Kier molecular flexibility index (Phi) is 2.88. The lowest BCUT2D eigenvalue weighted by atomic mass is 10.2. The lowest BCUT2D eigenvalue weighted by Gasteiger charge is -2.04. The fourth-order valence-electron chi connectivity index (χ4n) is 1.25.